The SMILES string of the molecule is c1ccc(-c2cccc(N(c3ccccc3)c3ccc4c(c3)C3(c5ccccc5-4)c4ccccc4-c4c3c(N(c3ccccc3)c3ccccc3)cc3ccccc43)c2)cc1. The molecule has 286 valence electrons. The Labute approximate surface area is 356 Å². The first kappa shape index (κ1) is 35.0. The van der Waals surface area contributed by atoms with Crippen LogP contribution in [0.25, 0.3) is 44.2 Å². The largest absolute Gasteiger partial charge is 0.310 e. The van der Waals surface area contributed by atoms with Crippen molar-refractivity contribution in [2.24, 2.45) is 0 Å². The van der Waals surface area contributed by atoms with Gasteiger partial charge in [0.1, 0.15) is 0 Å². The van der Waals surface area contributed by atoms with Gasteiger partial charge in [-0.05, 0) is 128 Å². The minimum atomic E-state index is -0.636. The Morgan fingerprint density at radius 2 is 0.787 bits per heavy atom. The third-order valence-electron chi connectivity index (χ3n) is 12.8. The van der Waals surface area contributed by atoms with Gasteiger partial charge in [-0.25, -0.2) is 0 Å². The summed E-state index contributed by atoms with van der Waals surface area (Å²) in [5.74, 6) is 0. The molecule has 2 aliphatic carbocycles. The van der Waals surface area contributed by atoms with E-state index in [1.165, 1.54) is 72.1 Å². The van der Waals surface area contributed by atoms with Crippen LogP contribution >= 0.6 is 0 Å². The molecule has 1 atom stereocenters. The van der Waals surface area contributed by atoms with Crippen LogP contribution in [-0.2, 0) is 5.41 Å². The van der Waals surface area contributed by atoms with E-state index in [9.17, 15) is 0 Å². The smallest absolute Gasteiger partial charge is 0.0747 e. The summed E-state index contributed by atoms with van der Waals surface area (Å²) in [4.78, 5) is 4.90. The monoisotopic (exact) mass is 776 g/mol. The van der Waals surface area contributed by atoms with Crippen LogP contribution in [0.3, 0.4) is 0 Å². The minimum Gasteiger partial charge on any atom is -0.310 e. The van der Waals surface area contributed by atoms with E-state index in [-0.39, 0.29) is 0 Å². The molecular weight excluding hydrogens is 737 g/mol. The van der Waals surface area contributed by atoms with Gasteiger partial charge < -0.3 is 9.80 Å². The molecule has 0 aliphatic heterocycles. The highest BCUT2D eigenvalue weighted by molar-refractivity contribution is 6.10. The average Bonchev–Trinajstić information content (AvgIpc) is 3.81. The predicted octanol–water partition coefficient (Wildman–Crippen LogP) is 15.8. The number of benzene rings is 10. The number of rotatable bonds is 7. The van der Waals surface area contributed by atoms with Crippen LogP contribution in [0.5, 0.6) is 0 Å². The molecule has 2 nitrogen and oxygen atoms in total. The van der Waals surface area contributed by atoms with Crippen molar-refractivity contribution in [1.29, 1.82) is 0 Å². The first-order chi connectivity index (χ1) is 30.3. The summed E-state index contributed by atoms with van der Waals surface area (Å²) < 4.78 is 0. The standard InChI is InChI=1S/C59H40N2/c1-5-20-41(21-6-1)42-23-19-30-47(38-42)60(44-24-7-2-8-25-44)48-36-37-51-50-32-15-17-34-53(50)59(55(51)40-48)54-35-18-16-33-52(54)57-49-31-14-13-22-43(49)39-56(58(57)59)61(45-26-9-3-10-27-45)46-28-11-4-12-29-46/h1-40H. The molecule has 0 N–H and O–H groups in total. The fourth-order valence-electron chi connectivity index (χ4n) is 10.4. The Morgan fingerprint density at radius 1 is 0.295 bits per heavy atom. The lowest BCUT2D eigenvalue weighted by Gasteiger charge is -2.36. The van der Waals surface area contributed by atoms with Crippen molar-refractivity contribution < 1.29 is 0 Å². The third kappa shape index (κ3) is 5.36. The lowest BCUT2D eigenvalue weighted by Crippen LogP contribution is -2.28. The number of hydrogen-bond acceptors (Lipinski definition) is 2. The Morgan fingerprint density at radius 3 is 1.48 bits per heavy atom. The van der Waals surface area contributed by atoms with Crippen LogP contribution in [0.2, 0.25) is 0 Å². The van der Waals surface area contributed by atoms with E-state index in [4.69, 9.17) is 0 Å². The number of nitrogens with zero attached hydrogens (tertiary/aromatic N) is 2. The van der Waals surface area contributed by atoms with Crippen molar-refractivity contribution in [2.45, 2.75) is 5.41 Å². The van der Waals surface area contributed by atoms with Crippen molar-refractivity contribution in [1.82, 2.24) is 0 Å². The molecule has 0 amide bonds. The molecule has 0 fully saturated rings. The van der Waals surface area contributed by atoms with Gasteiger partial charge in [0.25, 0.3) is 0 Å². The van der Waals surface area contributed by atoms with Crippen LogP contribution in [0.1, 0.15) is 22.3 Å². The fourth-order valence-corrected chi connectivity index (χ4v) is 10.4. The number of fused-ring (bicyclic) bond motifs is 12. The molecule has 12 rings (SSSR count). The normalized spacial score (nSPS) is 14.3. The molecule has 0 bridgehead atoms. The zero-order chi connectivity index (χ0) is 40.3. The maximum atomic E-state index is 2.50. The molecule has 0 radical (unpaired) electrons. The summed E-state index contributed by atoms with van der Waals surface area (Å²) in [7, 11) is 0. The van der Waals surface area contributed by atoms with Crippen molar-refractivity contribution in [3.05, 3.63) is 265 Å². The number of para-hydroxylation sites is 3. The van der Waals surface area contributed by atoms with Crippen molar-refractivity contribution >= 4 is 44.9 Å². The topological polar surface area (TPSA) is 6.48 Å². The van der Waals surface area contributed by atoms with E-state index in [0.717, 1.165) is 28.4 Å². The zero-order valence-electron chi connectivity index (χ0n) is 33.5. The quantitative estimate of drug-likeness (QED) is 0.159. The molecule has 0 saturated carbocycles. The van der Waals surface area contributed by atoms with Gasteiger partial charge in [0.15, 0.2) is 0 Å². The second-order valence-electron chi connectivity index (χ2n) is 16.0. The van der Waals surface area contributed by atoms with Gasteiger partial charge in [0.05, 0.1) is 11.1 Å². The summed E-state index contributed by atoms with van der Waals surface area (Å²) in [5.41, 5.74) is 18.8. The van der Waals surface area contributed by atoms with Gasteiger partial charge in [-0.1, -0.05) is 176 Å². The maximum Gasteiger partial charge on any atom is 0.0747 e. The zero-order valence-corrected chi connectivity index (χ0v) is 33.5. The Hall–Kier alpha value is -7.94. The van der Waals surface area contributed by atoms with Crippen molar-refractivity contribution in [2.75, 3.05) is 9.80 Å². The summed E-state index contributed by atoms with van der Waals surface area (Å²) in [6.07, 6.45) is 0. The fraction of sp³-hybridized carbons (Fsp3) is 0.0169. The highest BCUT2D eigenvalue weighted by Crippen LogP contribution is 2.67. The van der Waals surface area contributed by atoms with Crippen LogP contribution in [0.4, 0.5) is 34.1 Å². The third-order valence-corrected chi connectivity index (χ3v) is 12.8. The molecule has 0 heterocycles. The van der Waals surface area contributed by atoms with E-state index in [2.05, 4.69) is 252 Å². The molecule has 2 aliphatic rings. The Balaban J connectivity index is 1.19. The van der Waals surface area contributed by atoms with Crippen LogP contribution in [-0.4, -0.2) is 0 Å². The van der Waals surface area contributed by atoms with Gasteiger partial charge in [-0.2, -0.15) is 0 Å². The number of anilines is 6. The number of hydrogen-bond donors (Lipinski definition) is 0. The molecular formula is C59H40N2. The maximum absolute atomic E-state index is 2.50. The van der Waals surface area contributed by atoms with Crippen LogP contribution < -0.4 is 9.80 Å². The molecule has 10 aromatic carbocycles. The predicted molar refractivity (Wildman–Crippen MR) is 255 cm³/mol. The molecule has 1 unspecified atom stereocenters. The summed E-state index contributed by atoms with van der Waals surface area (Å²) in [6.45, 7) is 0. The molecule has 61 heavy (non-hydrogen) atoms. The van der Waals surface area contributed by atoms with Gasteiger partial charge in [0.2, 0.25) is 0 Å². The molecule has 2 heteroatoms. The van der Waals surface area contributed by atoms with Gasteiger partial charge in [0, 0.05) is 34.0 Å². The van der Waals surface area contributed by atoms with E-state index in [0.29, 0.717) is 0 Å². The van der Waals surface area contributed by atoms with E-state index in [1.54, 1.807) is 0 Å². The van der Waals surface area contributed by atoms with E-state index >= 15 is 0 Å². The van der Waals surface area contributed by atoms with Crippen LogP contribution in [0, 0.1) is 0 Å². The van der Waals surface area contributed by atoms with Crippen molar-refractivity contribution in [3.63, 3.8) is 0 Å². The lowest BCUT2D eigenvalue weighted by molar-refractivity contribution is 0.793. The minimum absolute atomic E-state index is 0.636. The first-order valence-corrected chi connectivity index (χ1v) is 21.1. The highest BCUT2D eigenvalue weighted by atomic mass is 15.2. The molecule has 1 spiro atoms. The first-order valence-electron chi connectivity index (χ1n) is 21.1. The van der Waals surface area contributed by atoms with Crippen molar-refractivity contribution in [3.8, 4) is 33.4 Å². The Bertz CT molecular complexity index is 3210. The van der Waals surface area contributed by atoms with Gasteiger partial charge in [-0.15, -0.1) is 0 Å². The molecule has 0 aromatic heterocycles. The van der Waals surface area contributed by atoms with Gasteiger partial charge >= 0.3 is 0 Å². The second kappa shape index (κ2) is 14.1. The van der Waals surface area contributed by atoms with E-state index < -0.39 is 5.41 Å². The summed E-state index contributed by atoms with van der Waals surface area (Å²) in [5, 5.41) is 2.48. The summed E-state index contributed by atoms with van der Waals surface area (Å²) >= 11 is 0. The average molecular weight is 777 g/mol. The summed E-state index contributed by atoms with van der Waals surface area (Å²) in [6, 6.07) is 89.1. The molecule has 10 aromatic rings. The van der Waals surface area contributed by atoms with Gasteiger partial charge in [-0.3, -0.25) is 0 Å². The molecule has 0 saturated heterocycles. The van der Waals surface area contributed by atoms with Crippen LogP contribution in [0.15, 0.2) is 243 Å². The lowest BCUT2D eigenvalue weighted by atomic mass is 9.69. The van der Waals surface area contributed by atoms with E-state index in [1.807, 2.05) is 0 Å². The Kier molecular flexibility index (Phi) is 8.11. The highest BCUT2D eigenvalue weighted by Gasteiger charge is 2.54. The second-order valence-corrected chi connectivity index (χ2v) is 16.0.